The van der Waals surface area contributed by atoms with E-state index < -0.39 is 0 Å². The number of ether oxygens (including phenoxy) is 1. The number of carbonyl (C=O) groups is 1. The number of amides is 1. The lowest BCUT2D eigenvalue weighted by molar-refractivity contribution is 0.0952. The molecule has 1 N–H and O–H groups in total. The Labute approximate surface area is 152 Å². The molecule has 6 nitrogen and oxygen atoms in total. The third kappa shape index (κ3) is 3.60. The molecule has 0 fully saturated rings. The number of rotatable bonds is 6. The molecule has 0 bridgehead atoms. The van der Waals surface area contributed by atoms with Gasteiger partial charge in [-0.1, -0.05) is 43.3 Å². The quantitative estimate of drug-likeness (QED) is 0.730. The van der Waals surface area contributed by atoms with Crippen LogP contribution in [-0.2, 0) is 17.9 Å². The summed E-state index contributed by atoms with van der Waals surface area (Å²) in [5.74, 6) is 0.0107. The van der Waals surface area contributed by atoms with Gasteiger partial charge in [0.2, 0.25) is 0 Å². The molecular weight excluding hydrogens is 330 g/mol. The Morgan fingerprint density at radius 3 is 2.69 bits per heavy atom. The fourth-order valence-electron chi connectivity index (χ4n) is 2.89. The number of hydrogen-bond donors (Lipinski definition) is 1. The zero-order chi connectivity index (χ0) is 18.7. The fourth-order valence-corrected chi connectivity index (χ4v) is 2.89. The molecule has 2 heterocycles. The summed E-state index contributed by atoms with van der Waals surface area (Å²) in [7, 11) is 1.66. The zero-order valence-corrected chi connectivity index (χ0v) is 15.5. The Hall–Kier alpha value is -2.73. The molecule has 0 radical (unpaired) electrons. The van der Waals surface area contributed by atoms with Crippen LogP contribution in [0.1, 0.15) is 52.6 Å². The van der Waals surface area contributed by atoms with E-state index in [0.29, 0.717) is 35.5 Å². The number of nitrogens with zero attached hydrogens (tertiary/aromatic N) is 2. The van der Waals surface area contributed by atoms with Gasteiger partial charge in [-0.05, 0) is 30.0 Å². The van der Waals surface area contributed by atoms with Gasteiger partial charge in [-0.3, -0.25) is 4.79 Å². The van der Waals surface area contributed by atoms with Gasteiger partial charge in [-0.2, -0.15) is 0 Å². The first-order valence-corrected chi connectivity index (χ1v) is 8.62. The van der Waals surface area contributed by atoms with E-state index >= 15 is 0 Å². The van der Waals surface area contributed by atoms with Gasteiger partial charge in [0, 0.05) is 19.3 Å². The molecule has 2 aromatic heterocycles. The summed E-state index contributed by atoms with van der Waals surface area (Å²) < 4.78 is 10.5. The van der Waals surface area contributed by atoms with Crippen molar-refractivity contribution >= 4 is 17.0 Å². The van der Waals surface area contributed by atoms with Crippen molar-refractivity contribution in [1.82, 2.24) is 15.5 Å². The molecule has 0 spiro atoms. The molecule has 0 atom stereocenters. The average molecular weight is 353 g/mol. The third-order valence-corrected chi connectivity index (χ3v) is 4.33. The highest BCUT2D eigenvalue weighted by molar-refractivity contribution is 6.06. The van der Waals surface area contributed by atoms with Crippen LogP contribution >= 0.6 is 0 Å². The number of benzene rings is 1. The second kappa shape index (κ2) is 7.66. The average Bonchev–Trinajstić information content (AvgIpc) is 3.01. The molecule has 1 amide bonds. The number of nitrogens with one attached hydrogen (secondary N) is 1. The molecule has 0 aliphatic heterocycles. The van der Waals surface area contributed by atoms with Crippen LogP contribution in [0, 0.1) is 6.92 Å². The minimum absolute atomic E-state index is 0.169. The monoisotopic (exact) mass is 353 g/mol. The van der Waals surface area contributed by atoms with Gasteiger partial charge in [0.25, 0.3) is 11.6 Å². The molecule has 0 aliphatic carbocycles. The molecule has 1 aromatic carbocycles. The molecule has 136 valence electrons. The van der Waals surface area contributed by atoms with Crippen LogP contribution in [0.4, 0.5) is 0 Å². The van der Waals surface area contributed by atoms with Crippen LogP contribution in [0.15, 0.2) is 34.9 Å². The first-order chi connectivity index (χ1) is 12.5. The molecule has 0 saturated carbocycles. The van der Waals surface area contributed by atoms with Crippen LogP contribution < -0.4 is 5.32 Å². The van der Waals surface area contributed by atoms with Crippen molar-refractivity contribution in [2.45, 2.75) is 39.8 Å². The van der Waals surface area contributed by atoms with Crippen LogP contribution in [0.5, 0.6) is 0 Å². The SMILES string of the molecule is COCc1ccccc1CNC(=O)c1cc(C(C)C)nc2onc(C)c12. The van der Waals surface area contributed by atoms with E-state index in [2.05, 4.69) is 15.5 Å². The number of methoxy groups -OCH3 is 1. The molecule has 0 saturated heterocycles. The number of hydrogen-bond acceptors (Lipinski definition) is 5. The van der Waals surface area contributed by atoms with E-state index in [9.17, 15) is 4.79 Å². The maximum absolute atomic E-state index is 12.9. The zero-order valence-electron chi connectivity index (χ0n) is 15.5. The Balaban J connectivity index is 1.89. The molecule has 6 heteroatoms. The molecular formula is C20H23N3O3. The summed E-state index contributed by atoms with van der Waals surface area (Å²) in [6.07, 6.45) is 0. The van der Waals surface area contributed by atoms with Crippen LogP contribution in [0.2, 0.25) is 0 Å². The Morgan fingerprint density at radius 2 is 2.00 bits per heavy atom. The molecule has 0 aliphatic rings. The molecule has 26 heavy (non-hydrogen) atoms. The minimum Gasteiger partial charge on any atom is -0.380 e. The maximum Gasteiger partial charge on any atom is 0.259 e. The smallest absolute Gasteiger partial charge is 0.259 e. The van der Waals surface area contributed by atoms with E-state index in [1.165, 1.54) is 0 Å². The lowest BCUT2D eigenvalue weighted by Crippen LogP contribution is -2.24. The summed E-state index contributed by atoms with van der Waals surface area (Å²) >= 11 is 0. The predicted octanol–water partition coefficient (Wildman–Crippen LogP) is 3.73. The number of aryl methyl sites for hydroxylation is 1. The van der Waals surface area contributed by atoms with Gasteiger partial charge in [0.15, 0.2) is 0 Å². The Bertz CT molecular complexity index is 931. The Kier molecular flexibility index (Phi) is 5.32. The topological polar surface area (TPSA) is 77.2 Å². The maximum atomic E-state index is 12.9. The van der Waals surface area contributed by atoms with E-state index in [0.717, 1.165) is 16.8 Å². The van der Waals surface area contributed by atoms with Gasteiger partial charge in [-0.15, -0.1) is 0 Å². The Morgan fingerprint density at radius 1 is 1.27 bits per heavy atom. The van der Waals surface area contributed by atoms with Crippen LogP contribution in [0.3, 0.4) is 0 Å². The highest BCUT2D eigenvalue weighted by Crippen LogP contribution is 2.25. The minimum atomic E-state index is -0.169. The standard InChI is InChI=1S/C20H23N3O3/c1-12(2)17-9-16(18-13(3)23-26-20(18)22-17)19(24)21-10-14-7-5-6-8-15(14)11-25-4/h5-9,12H,10-11H2,1-4H3,(H,21,24). The summed E-state index contributed by atoms with van der Waals surface area (Å²) in [5.41, 5.74) is 4.49. The van der Waals surface area contributed by atoms with Crippen molar-refractivity contribution in [3.05, 3.63) is 58.4 Å². The van der Waals surface area contributed by atoms with Crippen molar-refractivity contribution in [3.63, 3.8) is 0 Å². The van der Waals surface area contributed by atoms with Crippen LogP contribution in [0.25, 0.3) is 11.1 Å². The van der Waals surface area contributed by atoms with E-state index in [1.807, 2.05) is 51.1 Å². The van der Waals surface area contributed by atoms with Crippen molar-refractivity contribution in [3.8, 4) is 0 Å². The second-order valence-electron chi connectivity index (χ2n) is 6.58. The lowest BCUT2D eigenvalue weighted by Gasteiger charge is -2.12. The second-order valence-corrected chi connectivity index (χ2v) is 6.58. The van der Waals surface area contributed by atoms with Crippen molar-refractivity contribution < 1.29 is 14.1 Å². The first kappa shape index (κ1) is 18.1. The highest BCUT2D eigenvalue weighted by Gasteiger charge is 2.19. The molecule has 3 aromatic rings. The highest BCUT2D eigenvalue weighted by atomic mass is 16.5. The van der Waals surface area contributed by atoms with Gasteiger partial charge in [-0.25, -0.2) is 4.98 Å². The summed E-state index contributed by atoms with van der Waals surface area (Å²) in [5, 5.41) is 7.62. The van der Waals surface area contributed by atoms with E-state index in [-0.39, 0.29) is 11.8 Å². The summed E-state index contributed by atoms with van der Waals surface area (Å²) in [6.45, 7) is 6.80. The summed E-state index contributed by atoms with van der Waals surface area (Å²) in [4.78, 5) is 17.4. The van der Waals surface area contributed by atoms with Crippen molar-refractivity contribution in [2.24, 2.45) is 0 Å². The van der Waals surface area contributed by atoms with E-state index in [4.69, 9.17) is 9.26 Å². The normalized spacial score (nSPS) is 11.3. The lowest BCUT2D eigenvalue weighted by atomic mass is 10.0. The third-order valence-electron chi connectivity index (χ3n) is 4.33. The van der Waals surface area contributed by atoms with Gasteiger partial charge < -0.3 is 14.6 Å². The van der Waals surface area contributed by atoms with Gasteiger partial charge in [0.1, 0.15) is 0 Å². The van der Waals surface area contributed by atoms with E-state index in [1.54, 1.807) is 7.11 Å². The summed E-state index contributed by atoms with van der Waals surface area (Å²) in [6, 6.07) is 9.72. The van der Waals surface area contributed by atoms with Crippen molar-refractivity contribution in [2.75, 3.05) is 7.11 Å². The largest absolute Gasteiger partial charge is 0.380 e. The number of aromatic nitrogens is 2. The van der Waals surface area contributed by atoms with Gasteiger partial charge >= 0.3 is 0 Å². The van der Waals surface area contributed by atoms with Gasteiger partial charge in [0.05, 0.1) is 23.3 Å². The number of fused-ring (bicyclic) bond motifs is 1. The molecule has 3 rings (SSSR count). The number of pyridine rings is 1. The number of carbonyl (C=O) groups excluding carboxylic acids is 1. The predicted molar refractivity (Wildman–Crippen MR) is 99.0 cm³/mol. The van der Waals surface area contributed by atoms with Crippen molar-refractivity contribution in [1.29, 1.82) is 0 Å². The first-order valence-electron chi connectivity index (χ1n) is 8.62. The molecule has 0 unspecified atom stereocenters. The van der Waals surface area contributed by atoms with Crippen LogP contribution in [-0.4, -0.2) is 23.2 Å². The fraction of sp³-hybridized carbons (Fsp3) is 0.350.